The molecular weight excluding hydrogens is 282 g/mol. The Hall–Kier alpha value is -1.33. The van der Waals surface area contributed by atoms with Gasteiger partial charge in [-0.1, -0.05) is 0 Å². The van der Waals surface area contributed by atoms with Crippen molar-refractivity contribution < 1.29 is 4.42 Å². The first kappa shape index (κ1) is 14.6. The van der Waals surface area contributed by atoms with Crippen LogP contribution in [-0.2, 0) is 13.1 Å². The maximum atomic E-state index is 5.72. The predicted molar refractivity (Wildman–Crippen MR) is 86.6 cm³/mol. The quantitative estimate of drug-likeness (QED) is 0.881. The van der Waals surface area contributed by atoms with E-state index in [1.165, 1.54) is 18.4 Å². The molecule has 2 heterocycles. The van der Waals surface area contributed by atoms with Crippen LogP contribution in [0, 0.1) is 0 Å². The summed E-state index contributed by atoms with van der Waals surface area (Å²) in [6.07, 6.45) is 4.25. The molecule has 21 heavy (non-hydrogen) atoms. The highest BCUT2D eigenvalue weighted by Gasteiger charge is 2.32. The largest absolute Gasteiger partial charge is 0.432 e. The Bertz CT molecular complexity index is 567. The summed E-state index contributed by atoms with van der Waals surface area (Å²) >= 11 is 1.74. The van der Waals surface area contributed by atoms with Crippen molar-refractivity contribution in [2.75, 3.05) is 4.90 Å². The number of rotatable bonds is 6. The minimum absolute atomic E-state index is 0.0893. The lowest BCUT2D eigenvalue weighted by molar-refractivity contribution is 0.421. The molecule has 1 saturated carbocycles. The van der Waals surface area contributed by atoms with Crippen molar-refractivity contribution in [2.24, 2.45) is 0 Å². The second-order valence-electron chi connectivity index (χ2n) is 6.72. The number of thiophene rings is 1. The normalized spacial score (nSPS) is 15.4. The van der Waals surface area contributed by atoms with Crippen molar-refractivity contribution in [1.82, 2.24) is 10.3 Å². The number of hydrogen-bond donors (Lipinski definition) is 1. The molecular formula is C16H23N3OS. The van der Waals surface area contributed by atoms with E-state index in [0.717, 1.165) is 24.8 Å². The van der Waals surface area contributed by atoms with E-state index in [-0.39, 0.29) is 5.54 Å². The Kier molecular flexibility index (Phi) is 4.04. The molecule has 2 aromatic rings. The molecule has 4 nitrogen and oxygen atoms in total. The van der Waals surface area contributed by atoms with Gasteiger partial charge in [-0.15, -0.1) is 0 Å². The lowest BCUT2D eigenvalue weighted by atomic mass is 10.1. The molecule has 114 valence electrons. The average Bonchev–Trinajstić information content (AvgIpc) is 2.94. The monoisotopic (exact) mass is 305 g/mol. The van der Waals surface area contributed by atoms with Crippen LogP contribution in [0.5, 0.6) is 0 Å². The Labute approximate surface area is 130 Å². The van der Waals surface area contributed by atoms with Crippen LogP contribution in [0.2, 0.25) is 0 Å². The summed E-state index contributed by atoms with van der Waals surface area (Å²) in [4.78, 5) is 6.95. The van der Waals surface area contributed by atoms with Crippen molar-refractivity contribution in [2.45, 2.75) is 58.3 Å². The van der Waals surface area contributed by atoms with Crippen LogP contribution in [0.4, 0.5) is 6.01 Å². The van der Waals surface area contributed by atoms with E-state index >= 15 is 0 Å². The van der Waals surface area contributed by atoms with Crippen LogP contribution in [0.15, 0.2) is 27.5 Å². The first-order valence-corrected chi connectivity index (χ1v) is 8.43. The van der Waals surface area contributed by atoms with Crippen LogP contribution < -0.4 is 10.2 Å². The van der Waals surface area contributed by atoms with Crippen molar-refractivity contribution in [1.29, 1.82) is 0 Å². The Morgan fingerprint density at radius 3 is 2.86 bits per heavy atom. The van der Waals surface area contributed by atoms with Crippen molar-refractivity contribution in [3.8, 4) is 0 Å². The molecule has 0 unspecified atom stereocenters. The third kappa shape index (κ3) is 4.08. The minimum Gasteiger partial charge on any atom is -0.432 e. The SMILES string of the molecule is CC(C)(C)NCc1coc(N(Cc2ccsc2)C2CC2)n1. The zero-order valence-electron chi connectivity index (χ0n) is 12.9. The Morgan fingerprint density at radius 1 is 1.43 bits per heavy atom. The van der Waals surface area contributed by atoms with Gasteiger partial charge in [0, 0.05) is 24.7 Å². The predicted octanol–water partition coefficient (Wildman–Crippen LogP) is 3.79. The van der Waals surface area contributed by atoms with Crippen LogP contribution in [0.25, 0.3) is 0 Å². The highest BCUT2D eigenvalue weighted by Crippen LogP contribution is 2.32. The van der Waals surface area contributed by atoms with E-state index in [4.69, 9.17) is 4.42 Å². The van der Waals surface area contributed by atoms with Crippen LogP contribution >= 0.6 is 11.3 Å². The molecule has 1 N–H and O–H groups in total. The van der Waals surface area contributed by atoms with E-state index in [2.05, 4.69) is 52.8 Å². The number of nitrogens with one attached hydrogen (secondary N) is 1. The zero-order valence-corrected chi connectivity index (χ0v) is 13.7. The summed E-state index contributed by atoms with van der Waals surface area (Å²) < 4.78 is 5.72. The third-order valence-corrected chi connectivity index (χ3v) is 4.24. The number of oxazole rings is 1. The van der Waals surface area contributed by atoms with Gasteiger partial charge in [0.2, 0.25) is 0 Å². The molecule has 0 aliphatic heterocycles. The third-order valence-electron chi connectivity index (χ3n) is 3.51. The summed E-state index contributed by atoms with van der Waals surface area (Å²) in [7, 11) is 0. The first-order valence-electron chi connectivity index (χ1n) is 7.48. The van der Waals surface area contributed by atoms with Crippen LogP contribution in [-0.4, -0.2) is 16.6 Å². The first-order chi connectivity index (χ1) is 10.0. The molecule has 0 atom stereocenters. The second kappa shape index (κ2) is 5.81. The van der Waals surface area contributed by atoms with Crippen LogP contribution in [0.1, 0.15) is 44.9 Å². The molecule has 0 aromatic carbocycles. The molecule has 3 rings (SSSR count). The van der Waals surface area contributed by atoms with Gasteiger partial charge in [0.25, 0.3) is 6.01 Å². The average molecular weight is 305 g/mol. The topological polar surface area (TPSA) is 41.3 Å². The standard InChI is InChI=1S/C16H23N3OS/c1-16(2,3)17-8-13-10-20-15(18-13)19(14-4-5-14)9-12-6-7-21-11-12/h6-7,10-11,14,17H,4-5,8-9H2,1-3H3. The molecule has 1 aliphatic carbocycles. The molecule has 1 aliphatic rings. The van der Waals surface area contributed by atoms with Gasteiger partial charge in [-0.3, -0.25) is 0 Å². The summed E-state index contributed by atoms with van der Waals surface area (Å²) in [6, 6.07) is 3.52. The van der Waals surface area contributed by atoms with Gasteiger partial charge in [-0.05, 0) is 56.0 Å². The highest BCUT2D eigenvalue weighted by atomic mass is 32.1. The van der Waals surface area contributed by atoms with Crippen molar-refractivity contribution in [3.63, 3.8) is 0 Å². The Balaban J connectivity index is 1.67. The number of nitrogens with zero attached hydrogens (tertiary/aromatic N) is 2. The van der Waals surface area contributed by atoms with Gasteiger partial charge in [-0.25, -0.2) is 0 Å². The summed E-state index contributed by atoms with van der Waals surface area (Å²) in [5.74, 6) is 0. The summed E-state index contributed by atoms with van der Waals surface area (Å²) in [5, 5.41) is 7.76. The molecule has 0 spiro atoms. The van der Waals surface area contributed by atoms with E-state index in [0.29, 0.717) is 6.04 Å². The van der Waals surface area contributed by atoms with Crippen molar-refractivity contribution >= 4 is 17.4 Å². The molecule has 5 heteroatoms. The molecule has 0 amide bonds. The van der Waals surface area contributed by atoms with E-state index in [1.807, 2.05) is 0 Å². The number of aromatic nitrogens is 1. The highest BCUT2D eigenvalue weighted by molar-refractivity contribution is 7.07. The number of anilines is 1. The van der Waals surface area contributed by atoms with Gasteiger partial charge in [0.15, 0.2) is 0 Å². The summed E-state index contributed by atoms with van der Waals surface area (Å²) in [5.41, 5.74) is 2.39. The molecule has 1 fully saturated rings. The molecule has 0 bridgehead atoms. The van der Waals surface area contributed by atoms with E-state index in [1.54, 1.807) is 17.6 Å². The van der Waals surface area contributed by atoms with Gasteiger partial charge >= 0.3 is 0 Å². The summed E-state index contributed by atoms with van der Waals surface area (Å²) in [6.45, 7) is 8.09. The van der Waals surface area contributed by atoms with Crippen molar-refractivity contribution in [3.05, 3.63) is 34.3 Å². The lowest BCUT2D eigenvalue weighted by Gasteiger charge is -2.20. The number of hydrogen-bond acceptors (Lipinski definition) is 5. The fourth-order valence-corrected chi connectivity index (χ4v) is 2.84. The second-order valence-corrected chi connectivity index (χ2v) is 7.50. The van der Waals surface area contributed by atoms with Gasteiger partial charge < -0.3 is 14.6 Å². The Morgan fingerprint density at radius 2 is 2.24 bits per heavy atom. The van der Waals surface area contributed by atoms with E-state index < -0.39 is 0 Å². The van der Waals surface area contributed by atoms with Crippen LogP contribution in [0.3, 0.4) is 0 Å². The zero-order chi connectivity index (χ0) is 14.9. The fourth-order valence-electron chi connectivity index (χ4n) is 2.18. The fraction of sp³-hybridized carbons (Fsp3) is 0.562. The lowest BCUT2D eigenvalue weighted by Crippen LogP contribution is -2.35. The molecule has 0 radical (unpaired) electrons. The van der Waals surface area contributed by atoms with Gasteiger partial charge in [0.05, 0.1) is 5.69 Å². The smallest absolute Gasteiger partial charge is 0.298 e. The van der Waals surface area contributed by atoms with Gasteiger partial charge in [0.1, 0.15) is 6.26 Å². The maximum Gasteiger partial charge on any atom is 0.298 e. The maximum absolute atomic E-state index is 5.72. The molecule has 0 saturated heterocycles. The van der Waals surface area contributed by atoms with Gasteiger partial charge in [-0.2, -0.15) is 16.3 Å². The minimum atomic E-state index is 0.0893. The van der Waals surface area contributed by atoms with E-state index in [9.17, 15) is 0 Å². The molecule has 2 aromatic heterocycles.